The highest BCUT2D eigenvalue weighted by Gasteiger charge is 2.38. The van der Waals surface area contributed by atoms with E-state index in [1.165, 1.54) is 17.0 Å². The summed E-state index contributed by atoms with van der Waals surface area (Å²) in [6, 6.07) is 9.71. The second-order valence-electron chi connectivity index (χ2n) is 10.9. The normalized spacial score (nSPS) is 17.3. The molecule has 0 aliphatic carbocycles. The van der Waals surface area contributed by atoms with Gasteiger partial charge in [-0.1, -0.05) is 44.2 Å². The minimum absolute atomic E-state index is 0.0307. The number of rotatable bonds is 11. The molecule has 0 bridgehead atoms. The minimum Gasteiger partial charge on any atom is -0.508 e. The van der Waals surface area contributed by atoms with Gasteiger partial charge in [0.2, 0.25) is 17.7 Å². The molecule has 1 aliphatic rings. The monoisotopic (exact) mass is 563 g/mol. The van der Waals surface area contributed by atoms with Gasteiger partial charge in [0.05, 0.1) is 6.04 Å². The average molecular weight is 564 g/mol. The zero-order valence-corrected chi connectivity index (χ0v) is 23.2. The number of hydrogen-bond acceptors (Lipinski definition) is 6. The Kier molecular flexibility index (Phi) is 9.28. The Morgan fingerprint density at radius 2 is 1.73 bits per heavy atom. The van der Waals surface area contributed by atoms with Crippen LogP contribution in [0.3, 0.4) is 0 Å². The van der Waals surface area contributed by atoms with Crippen molar-refractivity contribution in [2.45, 2.75) is 63.7 Å². The fraction of sp³-hybridized carbons (Fsp3) is 0.400. The van der Waals surface area contributed by atoms with Crippen LogP contribution in [0.25, 0.3) is 10.9 Å². The van der Waals surface area contributed by atoms with Gasteiger partial charge < -0.3 is 36.5 Å². The smallest absolute Gasteiger partial charge is 0.326 e. The summed E-state index contributed by atoms with van der Waals surface area (Å²) in [4.78, 5) is 56.7. The number of aromatic amines is 1. The zero-order chi connectivity index (χ0) is 29.7. The second kappa shape index (κ2) is 12.9. The lowest BCUT2D eigenvalue weighted by molar-refractivity contribution is -0.143. The van der Waals surface area contributed by atoms with Crippen molar-refractivity contribution in [1.29, 1.82) is 0 Å². The van der Waals surface area contributed by atoms with E-state index in [1.807, 2.05) is 38.1 Å². The van der Waals surface area contributed by atoms with E-state index in [0.29, 0.717) is 24.9 Å². The summed E-state index contributed by atoms with van der Waals surface area (Å²) < 4.78 is 0. The maximum Gasteiger partial charge on any atom is 0.326 e. The Morgan fingerprint density at radius 1 is 1.02 bits per heavy atom. The van der Waals surface area contributed by atoms with Crippen molar-refractivity contribution in [2.75, 3.05) is 6.54 Å². The molecule has 1 aromatic heterocycles. The van der Waals surface area contributed by atoms with Gasteiger partial charge in [-0.15, -0.1) is 0 Å². The predicted octanol–water partition coefficient (Wildman–Crippen LogP) is 1.69. The molecule has 1 fully saturated rings. The molecule has 41 heavy (non-hydrogen) atoms. The molecule has 4 rings (SSSR count). The second-order valence-corrected chi connectivity index (χ2v) is 10.9. The highest BCUT2D eigenvalue weighted by atomic mass is 16.4. The number of fused-ring (bicyclic) bond motifs is 1. The molecular formula is C30H37N5O6. The van der Waals surface area contributed by atoms with Crippen LogP contribution in [0, 0.1) is 5.92 Å². The zero-order valence-electron chi connectivity index (χ0n) is 23.2. The van der Waals surface area contributed by atoms with Crippen molar-refractivity contribution >= 4 is 34.6 Å². The molecule has 4 atom stereocenters. The van der Waals surface area contributed by atoms with Gasteiger partial charge in [0.1, 0.15) is 23.9 Å². The molecule has 1 saturated heterocycles. The van der Waals surface area contributed by atoms with E-state index >= 15 is 0 Å². The van der Waals surface area contributed by atoms with Gasteiger partial charge in [-0.2, -0.15) is 0 Å². The van der Waals surface area contributed by atoms with Crippen molar-refractivity contribution in [1.82, 2.24) is 20.5 Å². The fourth-order valence-corrected chi connectivity index (χ4v) is 5.12. The lowest BCUT2D eigenvalue weighted by Crippen LogP contribution is -2.57. The number of para-hydroxylation sites is 1. The Hall–Kier alpha value is -4.38. The number of aromatic nitrogens is 1. The van der Waals surface area contributed by atoms with E-state index in [-0.39, 0.29) is 30.4 Å². The molecule has 0 spiro atoms. The molecule has 3 amide bonds. The number of carbonyl (C=O) groups excluding carboxylic acids is 3. The molecule has 0 saturated carbocycles. The number of carboxylic acid groups (broad SMARTS) is 1. The number of hydrogen-bond donors (Lipinski definition) is 6. The molecule has 218 valence electrons. The summed E-state index contributed by atoms with van der Waals surface area (Å²) in [6.45, 7) is 4.06. The van der Waals surface area contributed by atoms with E-state index < -0.39 is 42.0 Å². The first kappa shape index (κ1) is 29.6. The number of amides is 3. The number of benzene rings is 2. The molecular weight excluding hydrogens is 526 g/mol. The van der Waals surface area contributed by atoms with E-state index in [0.717, 1.165) is 16.5 Å². The Bertz CT molecular complexity index is 1400. The van der Waals surface area contributed by atoms with E-state index in [9.17, 15) is 29.4 Å². The van der Waals surface area contributed by atoms with Crippen molar-refractivity contribution in [2.24, 2.45) is 11.7 Å². The Balaban J connectivity index is 1.53. The van der Waals surface area contributed by atoms with Crippen LogP contribution in [0.15, 0.2) is 54.7 Å². The molecule has 2 heterocycles. The van der Waals surface area contributed by atoms with Crippen molar-refractivity contribution in [3.05, 3.63) is 65.9 Å². The molecule has 3 aromatic rings. The third-order valence-electron chi connectivity index (χ3n) is 7.56. The Morgan fingerprint density at radius 3 is 2.41 bits per heavy atom. The van der Waals surface area contributed by atoms with Crippen LogP contribution in [0.4, 0.5) is 0 Å². The third-order valence-corrected chi connectivity index (χ3v) is 7.56. The van der Waals surface area contributed by atoms with Gasteiger partial charge >= 0.3 is 5.97 Å². The largest absolute Gasteiger partial charge is 0.508 e. The number of carboxylic acids is 1. The first-order valence-electron chi connectivity index (χ1n) is 13.8. The first-order valence-corrected chi connectivity index (χ1v) is 13.8. The first-order chi connectivity index (χ1) is 19.5. The third kappa shape index (κ3) is 7.04. The summed E-state index contributed by atoms with van der Waals surface area (Å²) in [7, 11) is 0. The van der Waals surface area contributed by atoms with Crippen LogP contribution >= 0.6 is 0 Å². The van der Waals surface area contributed by atoms with Gasteiger partial charge in [-0.3, -0.25) is 14.4 Å². The highest BCUT2D eigenvalue weighted by Crippen LogP contribution is 2.21. The number of phenols is 1. The lowest BCUT2D eigenvalue weighted by atomic mass is 10.0. The van der Waals surface area contributed by atoms with Crippen LogP contribution in [0.5, 0.6) is 5.75 Å². The predicted molar refractivity (Wildman–Crippen MR) is 153 cm³/mol. The SMILES string of the molecule is CC(C)C(N)C(=O)N1CCCC1C(=O)NC(Cc1ccc(O)cc1)C(=O)NC(Cc1c[nH]c2ccccc12)C(=O)O. The molecule has 0 radical (unpaired) electrons. The fourth-order valence-electron chi connectivity index (χ4n) is 5.12. The molecule has 2 aromatic carbocycles. The quantitative estimate of drug-likeness (QED) is 0.205. The topological polar surface area (TPSA) is 178 Å². The number of nitrogens with one attached hydrogen (secondary N) is 3. The number of carbonyl (C=O) groups is 4. The molecule has 4 unspecified atom stereocenters. The van der Waals surface area contributed by atoms with Gasteiger partial charge in [0.25, 0.3) is 0 Å². The maximum absolute atomic E-state index is 13.5. The van der Waals surface area contributed by atoms with Gasteiger partial charge in [0.15, 0.2) is 0 Å². The van der Waals surface area contributed by atoms with E-state index in [1.54, 1.807) is 18.3 Å². The van der Waals surface area contributed by atoms with Crippen molar-refractivity contribution < 1.29 is 29.4 Å². The van der Waals surface area contributed by atoms with Crippen LogP contribution in [0.1, 0.15) is 37.8 Å². The Labute approximate surface area is 238 Å². The number of likely N-dealkylation sites (tertiary alicyclic amines) is 1. The summed E-state index contributed by atoms with van der Waals surface area (Å²) in [5, 5.41) is 25.8. The average Bonchev–Trinajstić information content (AvgIpc) is 3.60. The molecule has 1 aliphatic heterocycles. The summed E-state index contributed by atoms with van der Waals surface area (Å²) >= 11 is 0. The van der Waals surface area contributed by atoms with Crippen molar-refractivity contribution in [3.63, 3.8) is 0 Å². The van der Waals surface area contributed by atoms with Gasteiger partial charge in [0, 0.05) is 36.5 Å². The number of nitrogens with two attached hydrogens (primary N) is 1. The summed E-state index contributed by atoms with van der Waals surface area (Å²) in [6.07, 6.45) is 2.84. The maximum atomic E-state index is 13.5. The van der Waals surface area contributed by atoms with Crippen LogP contribution < -0.4 is 16.4 Å². The molecule has 11 nitrogen and oxygen atoms in total. The number of phenolic OH excluding ortho intramolecular Hbond substituents is 1. The van der Waals surface area contributed by atoms with Crippen LogP contribution in [-0.2, 0) is 32.0 Å². The van der Waals surface area contributed by atoms with Crippen LogP contribution in [0.2, 0.25) is 0 Å². The summed E-state index contributed by atoms with van der Waals surface area (Å²) in [5.74, 6) is -2.77. The van der Waals surface area contributed by atoms with Gasteiger partial charge in [-0.25, -0.2) is 4.79 Å². The number of aromatic hydroxyl groups is 1. The lowest BCUT2D eigenvalue weighted by Gasteiger charge is -2.29. The van der Waals surface area contributed by atoms with E-state index in [2.05, 4.69) is 15.6 Å². The number of aliphatic carboxylic acids is 1. The minimum atomic E-state index is -1.26. The van der Waals surface area contributed by atoms with Crippen molar-refractivity contribution in [3.8, 4) is 5.75 Å². The number of nitrogens with zero attached hydrogens (tertiary/aromatic N) is 1. The standard InChI is InChI=1S/C30H37N5O6/c1-17(2)26(31)29(39)35-13-5-8-25(35)28(38)33-23(14-18-9-11-20(36)12-10-18)27(37)34-24(30(40)41)15-19-16-32-22-7-4-3-6-21(19)22/h3-4,6-7,9-12,16-17,23-26,32,36H,5,8,13-15,31H2,1-2H3,(H,33,38)(H,34,37)(H,40,41). The molecule has 11 heteroatoms. The number of H-pyrrole nitrogens is 1. The van der Waals surface area contributed by atoms with Gasteiger partial charge in [-0.05, 0) is 48.1 Å². The van der Waals surface area contributed by atoms with Crippen LogP contribution in [-0.4, -0.2) is 74.5 Å². The highest BCUT2D eigenvalue weighted by molar-refractivity contribution is 5.95. The van der Waals surface area contributed by atoms with E-state index in [4.69, 9.17) is 5.73 Å². The summed E-state index contributed by atoms with van der Waals surface area (Å²) in [5.41, 5.74) is 8.30. The molecule has 7 N–H and O–H groups in total.